The van der Waals surface area contributed by atoms with Gasteiger partial charge in [0.05, 0.1) is 6.04 Å². The quantitative estimate of drug-likeness (QED) is 0.887. The van der Waals surface area contributed by atoms with Crippen LogP contribution in [0.15, 0.2) is 54.6 Å². The van der Waals surface area contributed by atoms with Gasteiger partial charge in [-0.25, -0.2) is 4.39 Å². The first-order valence-electron chi connectivity index (χ1n) is 6.91. The van der Waals surface area contributed by atoms with E-state index < -0.39 is 0 Å². The van der Waals surface area contributed by atoms with Crippen LogP contribution in [0, 0.1) is 5.82 Å². The molecular weight excluding hydrogens is 267 g/mol. The molecule has 0 saturated heterocycles. The maximum atomic E-state index is 12.9. The van der Waals surface area contributed by atoms with Crippen LogP contribution in [0.3, 0.4) is 0 Å². The number of carbonyl (C=O) groups excluding carboxylic acids is 1. The highest BCUT2D eigenvalue weighted by molar-refractivity contribution is 5.77. The Hall–Kier alpha value is -2.20. The molecule has 0 aliphatic heterocycles. The molecule has 0 aromatic heterocycles. The van der Waals surface area contributed by atoms with E-state index in [4.69, 9.17) is 5.73 Å². The molecular formula is C17H19FN2O. The lowest BCUT2D eigenvalue weighted by Crippen LogP contribution is -2.29. The Morgan fingerprint density at radius 1 is 1.10 bits per heavy atom. The highest BCUT2D eigenvalue weighted by Crippen LogP contribution is 2.16. The normalized spacial score (nSPS) is 13.5. The van der Waals surface area contributed by atoms with Crippen LogP contribution in [0.5, 0.6) is 0 Å². The van der Waals surface area contributed by atoms with Gasteiger partial charge in [0, 0.05) is 12.5 Å². The van der Waals surface area contributed by atoms with Gasteiger partial charge >= 0.3 is 0 Å². The fourth-order valence-corrected chi connectivity index (χ4v) is 2.15. The number of hydrogen-bond donors (Lipinski definition) is 2. The summed E-state index contributed by atoms with van der Waals surface area (Å²) in [7, 11) is 0. The molecule has 0 aliphatic rings. The first kappa shape index (κ1) is 15.2. The van der Waals surface area contributed by atoms with Crippen molar-refractivity contribution in [1.82, 2.24) is 5.32 Å². The molecule has 2 rings (SSSR count). The Balaban J connectivity index is 1.91. The molecule has 4 heteroatoms. The van der Waals surface area contributed by atoms with E-state index in [1.807, 2.05) is 37.3 Å². The van der Waals surface area contributed by atoms with Crippen LogP contribution in [0.4, 0.5) is 4.39 Å². The Kier molecular flexibility index (Phi) is 5.06. The van der Waals surface area contributed by atoms with Crippen molar-refractivity contribution in [2.45, 2.75) is 25.4 Å². The molecule has 3 N–H and O–H groups in total. The molecule has 0 aliphatic carbocycles. The van der Waals surface area contributed by atoms with Crippen molar-refractivity contribution >= 4 is 5.91 Å². The fraction of sp³-hybridized carbons (Fsp3) is 0.235. The minimum atomic E-state index is -0.327. The largest absolute Gasteiger partial charge is 0.350 e. The van der Waals surface area contributed by atoms with E-state index in [-0.39, 0.29) is 30.2 Å². The van der Waals surface area contributed by atoms with Crippen LogP contribution >= 0.6 is 0 Å². The first-order chi connectivity index (χ1) is 10.1. The van der Waals surface area contributed by atoms with Gasteiger partial charge in [0.25, 0.3) is 0 Å². The summed E-state index contributed by atoms with van der Waals surface area (Å²) >= 11 is 0. The van der Waals surface area contributed by atoms with E-state index in [1.165, 1.54) is 12.1 Å². The summed E-state index contributed by atoms with van der Waals surface area (Å²) in [5.41, 5.74) is 7.81. The van der Waals surface area contributed by atoms with Gasteiger partial charge in [-0.2, -0.15) is 0 Å². The SMILES string of the molecule is C[C@@H](NC(=O)CC(N)c1ccccc1)c1ccc(F)cc1. The van der Waals surface area contributed by atoms with Gasteiger partial charge in [0.15, 0.2) is 0 Å². The third kappa shape index (κ3) is 4.39. The molecule has 0 saturated carbocycles. The van der Waals surface area contributed by atoms with E-state index in [2.05, 4.69) is 5.32 Å². The molecule has 110 valence electrons. The van der Waals surface area contributed by atoms with Crippen molar-refractivity contribution in [1.29, 1.82) is 0 Å². The summed E-state index contributed by atoms with van der Waals surface area (Å²) in [5.74, 6) is -0.411. The Morgan fingerprint density at radius 3 is 2.33 bits per heavy atom. The monoisotopic (exact) mass is 286 g/mol. The van der Waals surface area contributed by atoms with Crippen LogP contribution in [-0.2, 0) is 4.79 Å². The second kappa shape index (κ2) is 6.99. The highest BCUT2D eigenvalue weighted by Gasteiger charge is 2.14. The molecule has 21 heavy (non-hydrogen) atoms. The molecule has 0 radical (unpaired) electrons. The number of amides is 1. The van der Waals surface area contributed by atoms with Crippen molar-refractivity contribution in [3.8, 4) is 0 Å². The zero-order valence-corrected chi connectivity index (χ0v) is 11.9. The van der Waals surface area contributed by atoms with Crippen LogP contribution in [0.1, 0.15) is 36.6 Å². The summed E-state index contributed by atoms with van der Waals surface area (Å²) in [6, 6.07) is 15.1. The summed E-state index contributed by atoms with van der Waals surface area (Å²) in [6.45, 7) is 1.86. The van der Waals surface area contributed by atoms with Crippen LogP contribution in [0.2, 0.25) is 0 Å². The summed E-state index contributed by atoms with van der Waals surface area (Å²) in [5, 5.41) is 2.87. The predicted octanol–water partition coefficient (Wildman–Crippen LogP) is 3.09. The topological polar surface area (TPSA) is 55.1 Å². The van der Waals surface area contributed by atoms with Crippen molar-refractivity contribution in [2.75, 3.05) is 0 Å². The molecule has 1 amide bonds. The lowest BCUT2D eigenvalue weighted by molar-refractivity contribution is -0.122. The maximum absolute atomic E-state index is 12.9. The third-order valence-corrected chi connectivity index (χ3v) is 3.38. The molecule has 0 bridgehead atoms. The standard InChI is InChI=1S/C17H19FN2O/c1-12(13-7-9-15(18)10-8-13)20-17(21)11-16(19)14-5-3-2-4-6-14/h2-10,12,16H,11,19H2,1H3,(H,20,21)/t12-,16?/m1/s1. The Morgan fingerprint density at radius 2 is 1.71 bits per heavy atom. The summed E-state index contributed by atoms with van der Waals surface area (Å²) < 4.78 is 12.9. The minimum Gasteiger partial charge on any atom is -0.350 e. The zero-order valence-electron chi connectivity index (χ0n) is 11.9. The average molecular weight is 286 g/mol. The second-order valence-corrected chi connectivity index (χ2v) is 5.06. The minimum absolute atomic E-state index is 0.122. The molecule has 3 nitrogen and oxygen atoms in total. The number of carbonyl (C=O) groups is 1. The number of hydrogen-bond acceptors (Lipinski definition) is 2. The summed E-state index contributed by atoms with van der Waals surface area (Å²) in [6.07, 6.45) is 0.218. The van der Waals surface area contributed by atoms with Gasteiger partial charge in [-0.1, -0.05) is 42.5 Å². The van der Waals surface area contributed by atoms with E-state index in [9.17, 15) is 9.18 Å². The van der Waals surface area contributed by atoms with Gasteiger partial charge < -0.3 is 11.1 Å². The molecule has 2 aromatic rings. The van der Waals surface area contributed by atoms with Crippen molar-refractivity contribution < 1.29 is 9.18 Å². The van der Waals surface area contributed by atoms with E-state index in [1.54, 1.807) is 12.1 Å². The Labute approximate surface area is 124 Å². The van der Waals surface area contributed by atoms with Crippen molar-refractivity contribution in [3.05, 3.63) is 71.5 Å². The lowest BCUT2D eigenvalue weighted by atomic mass is 10.0. The van der Waals surface area contributed by atoms with Gasteiger partial charge in [-0.15, -0.1) is 0 Å². The van der Waals surface area contributed by atoms with Crippen LogP contribution in [-0.4, -0.2) is 5.91 Å². The lowest BCUT2D eigenvalue weighted by Gasteiger charge is -2.17. The van der Waals surface area contributed by atoms with Crippen molar-refractivity contribution in [3.63, 3.8) is 0 Å². The van der Waals surface area contributed by atoms with Gasteiger partial charge in [-0.05, 0) is 30.2 Å². The molecule has 2 aromatic carbocycles. The van der Waals surface area contributed by atoms with Gasteiger partial charge in [0.1, 0.15) is 5.82 Å². The van der Waals surface area contributed by atoms with Crippen LogP contribution < -0.4 is 11.1 Å². The average Bonchev–Trinajstić information content (AvgIpc) is 2.48. The first-order valence-corrected chi connectivity index (χ1v) is 6.91. The molecule has 1 unspecified atom stereocenters. The smallest absolute Gasteiger partial charge is 0.222 e. The highest BCUT2D eigenvalue weighted by atomic mass is 19.1. The number of rotatable bonds is 5. The number of nitrogens with one attached hydrogen (secondary N) is 1. The maximum Gasteiger partial charge on any atom is 0.222 e. The zero-order chi connectivity index (χ0) is 15.2. The second-order valence-electron chi connectivity index (χ2n) is 5.06. The summed E-state index contributed by atoms with van der Waals surface area (Å²) in [4.78, 5) is 12.0. The third-order valence-electron chi connectivity index (χ3n) is 3.38. The predicted molar refractivity (Wildman–Crippen MR) is 80.9 cm³/mol. The van der Waals surface area contributed by atoms with E-state index in [0.29, 0.717) is 0 Å². The van der Waals surface area contributed by atoms with Crippen molar-refractivity contribution in [2.24, 2.45) is 5.73 Å². The number of nitrogens with two attached hydrogens (primary N) is 1. The number of halogens is 1. The van der Waals surface area contributed by atoms with E-state index in [0.717, 1.165) is 11.1 Å². The molecule has 0 heterocycles. The van der Waals surface area contributed by atoms with Crippen LogP contribution in [0.25, 0.3) is 0 Å². The molecule has 0 fully saturated rings. The molecule has 0 spiro atoms. The number of benzene rings is 2. The van der Waals surface area contributed by atoms with E-state index >= 15 is 0 Å². The molecule has 2 atom stereocenters. The Bertz CT molecular complexity index is 583. The van der Waals surface area contributed by atoms with Gasteiger partial charge in [0.2, 0.25) is 5.91 Å². The van der Waals surface area contributed by atoms with Gasteiger partial charge in [-0.3, -0.25) is 4.79 Å². The fourth-order valence-electron chi connectivity index (χ4n) is 2.15.